The van der Waals surface area contributed by atoms with Crippen molar-refractivity contribution in [3.05, 3.63) is 102 Å². The Kier molecular flexibility index (Phi) is 5.43. The maximum absolute atomic E-state index is 6.22. The minimum Gasteiger partial charge on any atom is -0.493 e. The molecule has 0 spiro atoms. The van der Waals surface area contributed by atoms with Gasteiger partial charge in [-0.25, -0.2) is 0 Å². The van der Waals surface area contributed by atoms with E-state index >= 15 is 0 Å². The van der Waals surface area contributed by atoms with Crippen molar-refractivity contribution in [1.29, 1.82) is 0 Å². The van der Waals surface area contributed by atoms with E-state index in [9.17, 15) is 0 Å². The van der Waals surface area contributed by atoms with Gasteiger partial charge in [-0.3, -0.25) is 0 Å². The van der Waals surface area contributed by atoms with E-state index in [1.54, 1.807) is 7.11 Å². The molecule has 3 heteroatoms. The van der Waals surface area contributed by atoms with E-state index < -0.39 is 0 Å². The van der Waals surface area contributed by atoms with Crippen LogP contribution in [0.25, 0.3) is 10.8 Å². The second-order valence-electron chi connectivity index (χ2n) is 6.50. The molecular formula is C25H22O3. The normalized spacial score (nSPS) is 10.6. The lowest BCUT2D eigenvalue weighted by molar-refractivity contribution is 0.283. The van der Waals surface area contributed by atoms with Crippen LogP contribution in [0.5, 0.6) is 17.2 Å². The van der Waals surface area contributed by atoms with Crippen LogP contribution in [0.4, 0.5) is 0 Å². The molecule has 0 fully saturated rings. The molecule has 0 saturated heterocycles. The van der Waals surface area contributed by atoms with E-state index in [1.165, 1.54) is 0 Å². The van der Waals surface area contributed by atoms with Crippen LogP contribution < -0.4 is 14.2 Å². The maximum atomic E-state index is 6.22. The first kappa shape index (κ1) is 17.9. The smallest absolute Gasteiger partial charge is 0.173 e. The molecule has 0 aliphatic carbocycles. The third-order valence-electron chi connectivity index (χ3n) is 4.61. The third kappa shape index (κ3) is 3.94. The molecule has 0 aliphatic rings. The number of rotatable bonds is 7. The first-order valence-corrected chi connectivity index (χ1v) is 9.28. The summed E-state index contributed by atoms with van der Waals surface area (Å²) in [4.78, 5) is 0. The fourth-order valence-corrected chi connectivity index (χ4v) is 3.18. The molecule has 0 aromatic heterocycles. The SMILES string of the molecule is COc1ccc2cccc(OCc3ccccc3)c2c1OCc1ccccc1. The molecule has 4 aromatic carbocycles. The highest BCUT2D eigenvalue weighted by molar-refractivity contribution is 5.95. The van der Waals surface area contributed by atoms with Gasteiger partial charge in [-0.15, -0.1) is 0 Å². The summed E-state index contributed by atoms with van der Waals surface area (Å²) in [5, 5.41) is 1.98. The highest BCUT2D eigenvalue weighted by Gasteiger charge is 2.15. The Hall–Kier alpha value is -3.46. The number of hydrogen-bond donors (Lipinski definition) is 0. The van der Waals surface area contributed by atoms with Crippen LogP contribution in [-0.4, -0.2) is 7.11 Å². The molecule has 4 aromatic rings. The lowest BCUT2D eigenvalue weighted by atomic mass is 10.1. The van der Waals surface area contributed by atoms with E-state index in [-0.39, 0.29) is 0 Å². The molecule has 0 atom stereocenters. The average molecular weight is 370 g/mol. The Morgan fingerprint density at radius 2 is 1.21 bits per heavy atom. The largest absolute Gasteiger partial charge is 0.493 e. The van der Waals surface area contributed by atoms with Crippen molar-refractivity contribution in [1.82, 2.24) is 0 Å². The van der Waals surface area contributed by atoms with Gasteiger partial charge in [0.15, 0.2) is 11.5 Å². The van der Waals surface area contributed by atoms with E-state index in [1.807, 2.05) is 72.8 Å². The van der Waals surface area contributed by atoms with Gasteiger partial charge in [0.1, 0.15) is 19.0 Å². The summed E-state index contributed by atoms with van der Waals surface area (Å²) < 4.78 is 18.0. The second kappa shape index (κ2) is 8.49. The van der Waals surface area contributed by atoms with E-state index in [2.05, 4.69) is 18.2 Å². The molecule has 0 aliphatic heterocycles. The molecule has 0 heterocycles. The van der Waals surface area contributed by atoms with Crippen molar-refractivity contribution in [2.45, 2.75) is 13.2 Å². The molecular weight excluding hydrogens is 348 g/mol. The van der Waals surface area contributed by atoms with Gasteiger partial charge in [0.05, 0.1) is 12.5 Å². The summed E-state index contributed by atoms with van der Waals surface area (Å²) in [7, 11) is 1.66. The molecule has 28 heavy (non-hydrogen) atoms. The molecule has 4 rings (SSSR count). The van der Waals surface area contributed by atoms with Crippen molar-refractivity contribution < 1.29 is 14.2 Å². The van der Waals surface area contributed by atoms with Gasteiger partial charge in [-0.05, 0) is 28.6 Å². The Morgan fingerprint density at radius 1 is 0.571 bits per heavy atom. The van der Waals surface area contributed by atoms with Crippen molar-refractivity contribution >= 4 is 10.8 Å². The summed E-state index contributed by atoms with van der Waals surface area (Å²) in [5.74, 6) is 2.18. The minimum absolute atomic E-state index is 0.462. The van der Waals surface area contributed by atoms with Crippen LogP contribution in [-0.2, 0) is 13.2 Å². The molecule has 0 amide bonds. The predicted octanol–water partition coefficient (Wildman–Crippen LogP) is 6.01. The Morgan fingerprint density at radius 3 is 1.86 bits per heavy atom. The van der Waals surface area contributed by atoms with Gasteiger partial charge in [0.2, 0.25) is 0 Å². The first-order chi connectivity index (χ1) is 13.8. The summed E-state index contributed by atoms with van der Waals surface area (Å²) in [5.41, 5.74) is 2.22. The maximum Gasteiger partial charge on any atom is 0.173 e. The molecule has 0 N–H and O–H groups in total. The molecule has 3 nitrogen and oxygen atoms in total. The summed E-state index contributed by atoms with van der Waals surface area (Å²) in [6.45, 7) is 0.957. The fraction of sp³-hybridized carbons (Fsp3) is 0.120. The van der Waals surface area contributed by atoms with Gasteiger partial charge < -0.3 is 14.2 Å². The number of ether oxygens (including phenoxy) is 3. The zero-order chi connectivity index (χ0) is 19.2. The lowest BCUT2D eigenvalue weighted by Crippen LogP contribution is -2.01. The molecule has 0 radical (unpaired) electrons. The lowest BCUT2D eigenvalue weighted by Gasteiger charge is -2.17. The molecule has 140 valence electrons. The summed E-state index contributed by atoms with van der Waals surface area (Å²) >= 11 is 0. The summed E-state index contributed by atoms with van der Waals surface area (Å²) in [6, 6.07) is 30.2. The number of methoxy groups -OCH3 is 1. The standard InChI is InChI=1S/C25H22O3/c1-26-23-16-15-21-13-8-14-22(27-17-19-9-4-2-5-10-19)24(21)25(23)28-18-20-11-6-3-7-12-20/h2-16H,17-18H2,1H3. The van der Waals surface area contributed by atoms with Crippen LogP contribution in [0.3, 0.4) is 0 Å². The van der Waals surface area contributed by atoms with Crippen LogP contribution in [0, 0.1) is 0 Å². The first-order valence-electron chi connectivity index (χ1n) is 9.28. The van der Waals surface area contributed by atoms with Gasteiger partial charge >= 0.3 is 0 Å². The van der Waals surface area contributed by atoms with Crippen molar-refractivity contribution in [2.75, 3.05) is 7.11 Å². The van der Waals surface area contributed by atoms with Crippen molar-refractivity contribution in [3.8, 4) is 17.2 Å². The average Bonchev–Trinajstić information content (AvgIpc) is 2.77. The Bertz CT molecular complexity index is 1040. The van der Waals surface area contributed by atoms with E-state index in [0.717, 1.165) is 27.6 Å². The summed E-state index contributed by atoms with van der Waals surface area (Å²) in [6.07, 6.45) is 0. The molecule has 0 unspecified atom stereocenters. The zero-order valence-corrected chi connectivity index (χ0v) is 15.8. The Labute approximate surface area is 165 Å². The van der Waals surface area contributed by atoms with Gasteiger partial charge in [0.25, 0.3) is 0 Å². The minimum atomic E-state index is 0.462. The molecule has 0 bridgehead atoms. The Balaban J connectivity index is 1.69. The van der Waals surface area contributed by atoms with Crippen molar-refractivity contribution in [2.24, 2.45) is 0 Å². The second-order valence-corrected chi connectivity index (χ2v) is 6.50. The third-order valence-corrected chi connectivity index (χ3v) is 4.61. The highest BCUT2D eigenvalue weighted by atomic mass is 16.5. The molecule has 0 saturated carbocycles. The quantitative estimate of drug-likeness (QED) is 0.399. The van der Waals surface area contributed by atoms with Gasteiger partial charge in [0, 0.05) is 0 Å². The predicted molar refractivity (Wildman–Crippen MR) is 112 cm³/mol. The van der Waals surface area contributed by atoms with E-state index in [0.29, 0.717) is 24.7 Å². The van der Waals surface area contributed by atoms with E-state index in [4.69, 9.17) is 14.2 Å². The topological polar surface area (TPSA) is 27.7 Å². The van der Waals surface area contributed by atoms with Gasteiger partial charge in [-0.1, -0.05) is 78.9 Å². The van der Waals surface area contributed by atoms with Crippen LogP contribution in [0.1, 0.15) is 11.1 Å². The van der Waals surface area contributed by atoms with Crippen LogP contribution in [0.2, 0.25) is 0 Å². The zero-order valence-electron chi connectivity index (χ0n) is 15.8. The highest BCUT2D eigenvalue weighted by Crippen LogP contribution is 2.41. The van der Waals surface area contributed by atoms with Crippen LogP contribution in [0.15, 0.2) is 91.0 Å². The number of hydrogen-bond acceptors (Lipinski definition) is 3. The van der Waals surface area contributed by atoms with Gasteiger partial charge in [-0.2, -0.15) is 0 Å². The monoisotopic (exact) mass is 370 g/mol. The fourth-order valence-electron chi connectivity index (χ4n) is 3.18. The number of benzene rings is 4. The number of fused-ring (bicyclic) bond motifs is 1. The van der Waals surface area contributed by atoms with Crippen LogP contribution >= 0.6 is 0 Å². The van der Waals surface area contributed by atoms with Crippen molar-refractivity contribution in [3.63, 3.8) is 0 Å².